The zero-order valence-corrected chi connectivity index (χ0v) is 12.6. The van der Waals surface area contributed by atoms with Gasteiger partial charge in [-0.05, 0) is 59.8 Å². The second kappa shape index (κ2) is 6.39. The molecule has 1 atom stereocenters. The molecule has 2 rings (SSSR count). The maximum atomic E-state index is 12.0. The van der Waals surface area contributed by atoms with E-state index in [2.05, 4.69) is 21.2 Å². The van der Waals surface area contributed by atoms with Gasteiger partial charge in [0, 0.05) is 11.1 Å². The van der Waals surface area contributed by atoms with Crippen molar-refractivity contribution < 1.29 is 9.53 Å². The van der Waals surface area contributed by atoms with Gasteiger partial charge in [-0.1, -0.05) is 0 Å². The summed E-state index contributed by atoms with van der Waals surface area (Å²) in [5.74, 6) is -0.0526. The Morgan fingerprint density at radius 2 is 2.32 bits per heavy atom. The summed E-state index contributed by atoms with van der Waals surface area (Å²) in [6, 6.07) is 3.78. The maximum Gasteiger partial charge on any atom is 0.227 e. The molecule has 1 aromatic carbocycles. The van der Waals surface area contributed by atoms with Crippen LogP contribution in [0.25, 0.3) is 0 Å². The highest BCUT2D eigenvalue weighted by Crippen LogP contribution is 2.30. The monoisotopic (exact) mass is 326 g/mol. The Morgan fingerprint density at radius 1 is 1.53 bits per heavy atom. The molecule has 0 radical (unpaired) electrons. The third-order valence-electron chi connectivity index (χ3n) is 3.22. The normalized spacial score (nSPS) is 19.2. The number of amides is 1. The van der Waals surface area contributed by atoms with E-state index in [1.165, 1.54) is 0 Å². The molecule has 1 saturated heterocycles. The molecule has 0 bridgehead atoms. The molecular formula is C14H19BrN2O2. The molecule has 1 aliphatic heterocycles. The summed E-state index contributed by atoms with van der Waals surface area (Å²) < 4.78 is 6.37. The fraction of sp³-hybridized carbons (Fsp3) is 0.500. The van der Waals surface area contributed by atoms with Crippen LogP contribution in [0.1, 0.15) is 31.2 Å². The number of nitrogens with one attached hydrogen (secondary N) is 1. The Bertz CT molecular complexity index is 448. The molecule has 0 spiro atoms. The van der Waals surface area contributed by atoms with E-state index >= 15 is 0 Å². The number of aryl methyl sites for hydroxylation is 1. The van der Waals surface area contributed by atoms with Gasteiger partial charge in [-0.2, -0.15) is 0 Å². The quantitative estimate of drug-likeness (QED) is 0.838. The average Bonchev–Trinajstić information content (AvgIpc) is 2.35. The van der Waals surface area contributed by atoms with E-state index < -0.39 is 0 Å². The first-order chi connectivity index (χ1) is 9.06. The van der Waals surface area contributed by atoms with Crippen molar-refractivity contribution in [2.75, 3.05) is 17.7 Å². The molecular weight excluding hydrogens is 308 g/mol. The lowest BCUT2D eigenvalue weighted by molar-refractivity contribution is -0.119. The Morgan fingerprint density at radius 3 is 2.95 bits per heavy atom. The highest BCUT2D eigenvalue weighted by atomic mass is 79.9. The third-order valence-corrected chi connectivity index (χ3v) is 3.84. The second-order valence-electron chi connectivity index (χ2n) is 4.95. The van der Waals surface area contributed by atoms with Gasteiger partial charge in [-0.25, -0.2) is 0 Å². The van der Waals surface area contributed by atoms with Crippen molar-refractivity contribution in [1.29, 1.82) is 0 Å². The van der Waals surface area contributed by atoms with Gasteiger partial charge in [0.15, 0.2) is 0 Å². The molecule has 1 fully saturated rings. The Hall–Kier alpha value is -1.07. The highest BCUT2D eigenvalue weighted by Gasteiger charge is 2.18. The lowest BCUT2D eigenvalue weighted by Crippen LogP contribution is -2.26. The van der Waals surface area contributed by atoms with E-state index in [1.807, 2.05) is 19.1 Å². The number of benzene rings is 1. The predicted molar refractivity (Wildman–Crippen MR) is 80.1 cm³/mol. The summed E-state index contributed by atoms with van der Waals surface area (Å²) in [4.78, 5) is 12.0. The van der Waals surface area contributed by atoms with Gasteiger partial charge in [0.25, 0.3) is 0 Å². The number of rotatable bonds is 3. The zero-order chi connectivity index (χ0) is 13.8. The first kappa shape index (κ1) is 14.3. The summed E-state index contributed by atoms with van der Waals surface area (Å²) in [6.07, 6.45) is 3.61. The van der Waals surface area contributed by atoms with Crippen LogP contribution in [0.3, 0.4) is 0 Å². The molecule has 1 aromatic rings. The molecule has 0 aliphatic carbocycles. The number of nitrogen functional groups attached to an aromatic ring is 1. The minimum atomic E-state index is -0.0526. The number of nitrogens with two attached hydrogens (primary N) is 1. The molecule has 0 aromatic heterocycles. The number of hydrogen-bond donors (Lipinski definition) is 2. The van der Waals surface area contributed by atoms with Crippen molar-refractivity contribution in [3.63, 3.8) is 0 Å². The number of halogens is 1. The van der Waals surface area contributed by atoms with Gasteiger partial charge in [-0.15, -0.1) is 0 Å². The van der Waals surface area contributed by atoms with Gasteiger partial charge < -0.3 is 15.8 Å². The standard InChI is InChI=1S/C14H19BrN2O2/c1-9-6-11(15)14(12(16)7-9)17-13(18)8-10-4-2-3-5-19-10/h6-7,10H,2-5,8,16H2,1H3,(H,17,18). The fourth-order valence-corrected chi connectivity index (χ4v) is 2.96. The molecule has 0 saturated carbocycles. The van der Waals surface area contributed by atoms with Gasteiger partial charge in [0.05, 0.1) is 23.9 Å². The van der Waals surface area contributed by atoms with Crippen LogP contribution in [0.15, 0.2) is 16.6 Å². The molecule has 4 nitrogen and oxygen atoms in total. The van der Waals surface area contributed by atoms with E-state index in [1.54, 1.807) is 0 Å². The van der Waals surface area contributed by atoms with Crippen molar-refractivity contribution in [3.8, 4) is 0 Å². The van der Waals surface area contributed by atoms with E-state index in [9.17, 15) is 4.79 Å². The number of ether oxygens (including phenoxy) is 1. The lowest BCUT2D eigenvalue weighted by atomic mass is 10.1. The fourth-order valence-electron chi connectivity index (χ4n) is 2.27. The van der Waals surface area contributed by atoms with Gasteiger partial charge in [0.2, 0.25) is 5.91 Å². The summed E-state index contributed by atoms with van der Waals surface area (Å²) in [5, 5.41) is 2.86. The van der Waals surface area contributed by atoms with Crippen molar-refractivity contribution in [2.24, 2.45) is 0 Å². The summed E-state index contributed by atoms with van der Waals surface area (Å²) in [5.41, 5.74) is 8.20. The Balaban J connectivity index is 1.98. The molecule has 1 heterocycles. The van der Waals surface area contributed by atoms with Crippen LogP contribution >= 0.6 is 15.9 Å². The molecule has 5 heteroatoms. The smallest absolute Gasteiger partial charge is 0.227 e. The van der Waals surface area contributed by atoms with Crippen LogP contribution in [0, 0.1) is 6.92 Å². The van der Waals surface area contributed by atoms with Crippen molar-refractivity contribution in [1.82, 2.24) is 0 Å². The van der Waals surface area contributed by atoms with Crippen LogP contribution < -0.4 is 11.1 Å². The lowest BCUT2D eigenvalue weighted by Gasteiger charge is -2.22. The van der Waals surface area contributed by atoms with Crippen LogP contribution in [0.4, 0.5) is 11.4 Å². The van der Waals surface area contributed by atoms with Crippen LogP contribution in [-0.2, 0) is 9.53 Å². The SMILES string of the molecule is Cc1cc(N)c(NC(=O)CC2CCCCO2)c(Br)c1. The first-order valence-electron chi connectivity index (χ1n) is 6.53. The molecule has 1 unspecified atom stereocenters. The highest BCUT2D eigenvalue weighted by molar-refractivity contribution is 9.10. The largest absolute Gasteiger partial charge is 0.397 e. The van der Waals surface area contributed by atoms with E-state index in [-0.39, 0.29) is 12.0 Å². The van der Waals surface area contributed by atoms with Crippen molar-refractivity contribution in [2.45, 2.75) is 38.7 Å². The minimum Gasteiger partial charge on any atom is -0.397 e. The minimum absolute atomic E-state index is 0.0409. The number of carbonyl (C=O) groups excluding carboxylic acids is 1. The van der Waals surface area contributed by atoms with Crippen molar-refractivity contribution >= 4 is 33.2 Å². The van der Waals surface area contributed by atoms with Crippen LogP contribution in [0.5, 0.6) is 0 Å². The van der Waals surface area contributed by atoms with Crippen LogP contribution in [-0.4, -0.2) is 18.6 Å². The third kappa shape index (κ3) is 3.94. The molecule has 104 valence electrons. The van der Waals surface area contributed by atoms with E-state index in [0.717, 1.165) is 35.9 Å². The van der Waals surface area contributed by atoms with E-state index in [0.29, 0.717) is 17.8 Å². The number of hydrogen-bond acceptors (Lipinski definition) is 3. The predicted octanol–water partition coefficient (Wildman–Crippen LogP) is 3.24. The molecule has 1 amide bonds. The van der Waals surface area contributed by atoms with Crippen LogP contribution in [0.2, 0.25) is 0 Å². The number of carbonyl (C=O) groups is 1. The molecule has 1 aliphatic rings. The first-order valence-corrected chi connectivity index (χ1v) is 7.32. The Kier molecular flexibility index (Phi) is 4.82. The summed E-state index contributed by atoms with van der Waals surface area (Å²) in [6.45, 7) is 2.72. The maximum absolute atomic E-state index is 12.0. The summed E-state index contributed by atoms with van der Waals surface area (Å²) in [7, 11) is 0. The van der Waals surface area contributed by atoms with Gasteiger partial charge in [0.1, 0.15) is 0 Å². The molecule has 3 N–H and O–H groups in total. The van der Waals surface area contributed by atoms with Gasteiger partial charge >= 0.3 is 0 Å². The second-order valence-corrected chi connectivity index (χ2v) is 5.81. The zero-order valence-electron chi connectivity index (χ0n) is 11.0. The van der Waals surface area contributed by atoms with Crippen molar-refractivity contribution in [3.05, 3.63) is 22.2 Å². The molecule has 19 heavy (non-hydrogen) atoms. The Labute approximate surface area is 121 Å². The topological polar surface area (TPSA) is 64.3 Å². The average molecular weight is 327 g/mol. The summed E-state index contributed by atoms with van der Waals surface area (Å²) >= 11 is 3.43. The van der Waals surface area contributed by atoms with Gasteiger partial charge in [-0.3, -0.25) is 4.79 Å². The van der Waals surface area contributed by atoms with E-state index in [4.69, 9.17) is 10.5 Å². The number of anilines is 2.